The third-order valence-corrected chi connectivity index (χ3v) is 7.23. The molecule has 0 aromatic heterocycles. The number of unbranched alkanes of at least 4 members (excludes halogenated alkanes) is 10. The first-order valence-corrected chi connectivity index (χ1v) is 15.8. The molecular weight excluding hydrogens is 516 g/mol. The normalized spacial score (nSPS) is 18.9. The van der Waals surface area contributed by atoms with Gasteiger partial charge in [-0.15, -0.1) is 0 Å². The molecule has 1 rings (SSSR count). The lowest BCUT2D eigenvalue weighted by Gasteiger charge is -2.35. The average molecular weight is 573 g/mol. The van der Waals surface area contributed by atoms with E-state index in [9.17, 15) is 14.4 Å². The molecule has 0 aromatic carbocycles. The van der Waals surface area contributed by atoms with Gasteiger partial charge >= 0.3 is 18.5 Å². The van der Waals surface area contributed by atoms with Gasteiger partial charge in [-0.3, -0.25) is 0 Å². The summed E-state index contributed by atoms with van der Waals surface area (Å²) in [4.78, 5) is 35.9. The smallest absolute Gasteiger partial charge is 0.450 e. The summed E-state index contributed by atoms with van der Waals surface area (Å²) in [5, 5.41) is 9.12. The van der Waals surface area contributed by atoms with Crippen LogP contribution in [0, 0.1) is 11.8 Å². The number of carbonyl (C=O) groups excluding carboxylic acids is 2. The zero-order valence-corrected chi connectivity index (χ0v) is 25.5. The highest BCUT2D eigenvalue weighted by Gasteiger charge is 2.42. The Morgan fingerprint density at radius 2 is 1.00 bits per heavy atom. The van der Waals surface area contributed by atoms with Crippen LogP contribution in [0.25, 0.3) is 0 Å². The first-order valence-electron chi connectivity index (χ1n) is 15.8. The van der Waals surface area contributed by atoms with Crippen LogP contribution in [0.15, 0.2) is 0 Å². The Hall–Kier alpha value is -2.19. The first kappa shape index (κ1) is 35.8. The van der Waals surface area contributed by atoms with E-state index in [4.69, 9.17) is 28.8 Å². The summed E-state index contributed by atoms with van der Waals surface area (Å²) in [5.74, 6) is 1.48. The predicted octanol–water partition coefficient (Wildman–Crippen LogP) is 9.05. The molecule has 9 nitrogen and oxygen atoms in total. The second kappa shape index (κ2) is 22.5. The molecule has 0 saturated heterocycles. The lowest BCUT2D eigenvalue weighted by atomic mass is 9.91. The molecule has 0 radical (unpaired) electrons. The zero-order chi connectivity index (χ0) is 29.6. The van der Waals surface area contributed by atoms with Crippen LogP contribution in [0.3, 0.4) is 0 Å². The van der Waals surface area contributed by atoms with Crippen LogP contribution < -0.4 is 0 Å². The third kappa shape index (κ3) is 19.0. The van der Waals surface area contributed by atoms with Crippen LogP contribution in [0.2, 0.25) is 0 Å². The van der Waals surface area contributed by atoms with E-state index < -0.39 is 36.8 Å². The standard InChI is InChI=1S/C31H56O9/c1-24(2)18-13-9-5-7-11-15-22-36-30(34)39-27-21-17-20-26(38-29(32)33)28(27)40-31(35)37-23-16-12-8-6-10-14-19-25(3)4/h24-28H,5-23H2,1-4H3,(H,32,33). The zero-order valence-electron chi connectivity index (χ0n) is 25.5. The van der Waals surface area contributed by atoms with Crippen molar-refractivity contribution >= 4 is 18.5 Å². The molecule has 1 aliphatic rings. The molecule has 1 N–H and O–H groups in total. The molecule has 3 unspecified atom stereocenters. The summed E-state index contributed by atoms with van der Waals surface area (Å²) in [6, 6.07) is 0. The number of hydrogen-bond acceptors (Lipinski definition) is 8. The highest BCUT2D eigenvalue weighted by atomic mass is 16.8. The van der Waals surface area contributed by atoms with E-state index in [-0.39, 0.29) is 13.2 Å². The number of carboxylic acid groups (broad SMARTS) is 1. The van der Waals surface area contributed by atoms with Gasteiger partial charge in [0.05, 0.1) is 13.2 Å². The molecule has 1 aliphatic carbocycles. The highest BCUT2D eigenvalue weighted by molar-refractivity contribution is 5.62. The van der Waals surface area contributed by atoms with E-state index in [2.05, 4.69) is 27.7 Å². The maximum absolute atomic E-state index is 12.4. The van der Waals surface area contributed by atoms with Crippen molar-refractivity contribution in [2.75, 3.05) is 13.2 Å². The molecule has 0 heterocycles. The average Bonchev–Trinajstić information content (AvgIpc) is 2.88. The second-order valence-electron chi connectivity index (χ2n) is 11.9. The first-order chi connectivity index (χ1) is 19.2. The summed E-state index contributed by atoms with van der Waals surface area (Å²) >= 11 is 0. The minimum atomic E-state index is -1.48. The van der Waals surface area contributed by atoms with Crippen LogP contribution in [0.4, 0.5) is 14.4 Å². The molecule has 0 amide bonds. The van der Waals surface area contributed by atoms with Crippen LogP contribution in [0.1, 0.15) is 137 Å². The Balaban J connectivity index is 2.35. The number of rotatable bonds is 21. The SMILES string of the molecule is CC(C)CCCCCCCCOC(=O)OC1CCCC(OC(=O)O)C1OC(=O)OCCCCCCCCC(C)C. The van der Waals surface area contributed by atoms with E-state index in [0.29, 0.717) is 19.3 Å². The van der Waals surface area contributed by atoms with E-state index in [1.807, 2.05) is 0 Å². The predicted molar refractivity (Wildman–Crippen MR) is 154 cm³/mol. The molecule has 3 atom stereocenters. The topological polar surface area (TPSA) is 118 Å². The quantitative estimate of drug-likeness (QED) is 0.0816. The molecule has 1 fully saturated rings. The Morgan fingerprint density at radius 3 is 1.45 bits per heavy atom. The highest BCUT2D eigenvalue weighted by Crippen LogP contribution is 2.28. The van der Waals surface area contributed by atoms with Gasteiger partial charge in [0.1, 0.15) is 12.2 Å². The fourth-order valence-electron chi connectivity index (χ4n) is 4.96. The van der Waals surface area contributed by atoms with Crippen molar-refractivity contribution in [1.82, 2.24) is 0 Å². The van der Waals surface area contributed by atoms with Crippen LogP contribution >= 0.6 is 0 Å². The van der Waals surface area contributed by atoms with Gasteiger partial charge in [0.15, 0.2) is 6.10 Å². The second-order valence-corrected chi connectivity index (χ2v) is 11.9. The molecule has 0 bridgehead atoms. The molecule has 1 saturated carbocycles. The van der Waals surface area contributed by atoms with Crippen molar-refractivity contribution < 1.29 is 43.2 Å². The third-order valence-electron chi connectivity index (χ3n) is 7.23. The van der Waals surface area contributed by atoms with E-state index in [1.165, 1.54) is 51.4 Å². The molecule has 40 heavy (non-hydrogen) atoms. The minimum absolute atomic E-state index is 0.216. The Morgan fingerprint density at radius 1 is 0.600 bits per heavy atom. The van der Waals surface area contributed by atoms with Gasteiger partial charge < -0.3 is 28.8 Å². The lowest BCUT2D eigenvalue weighted by Crippen LogP contribution is -2.48. The summed E-state index contributed by atoms with van der Waals surface area (Å²) in [5.41, 5.74) is 0. The maximum atomic E-state index is 12.4. The lowest BCUT2D eigenvalue weighted by molar-refractivity contribution is -0.123. The van der Waals surface area contributed by atoms with E-state index >= 15 is 0 Å². The van der Waals surface area contributed by atoms with Gasteiger partial charge in [-0.05, 0) is 43.9 Å². The van der Waals surface area contributed by atoms with Crippen molar-refractivity contribution in [2.24, 2.45) is 11.8 Å². The molecule has 0 aromatic rings. The monoisotopic (exact) mass is 572 g/mol. The Kier molecular flexibility index (Phi) is 20.2. The summed E-state index contributed by atoms with van der Waals surface area (Å²) in [7, 11) is 0. The van der Waals surface area contributed by atoms with Crippen LogP contribution in [0.5, 0.6) is 0 Å². The van der Waals surface area contributed by atoms with Gasteiger partial charge in [0.2, 0.25) is 0 Å². The van der Waals surface area contributed by atoms with Gasteiger partial charge in [-0.25, -0.2) is 14.4 Å². The summed E-state index contributed by atoms with van der Waals surface area (Å²) in [6.45, 7) is 9.41. The van der Waals surface area contributed by atoms with Gasteiger partial charge in [0.25, 0.3) is 0 Å². The molecule has 9 heteroatoms. The molecule has 0 aliphatic heterocycles. The van der Waals surface area contributed by atoms with Crippen LogP contribution in [-0.2, 0) is 23.7 Å². The molecule has 0 spiro atoms. The minimum Gasteiger partial charge on any atom is -0.450 e. The van der Waals surface area contributed by atoms with Gasteiger partial charge in [-0.2, -0.15) is 0 Å². The molecular formula is C31H56O9. The Bertz CT molecular complexity index is 680. The maximum Gasteiger partial charge on any atom is 0.508 e. The van der Waals surface area contributed by atoms with Crippen LogP contribution in [-0.4, -0.2) is 55.1 Å². The van der Waals surface area contributed by atoms with E-state index in [1.54, 1.807) is 0 Å². The number of ether oxygens (including phenoxy) is 5. The van der Waals surface area contributed by atoms with Crippen molar-refractivity contribution in [3.8, 4) is 0 Å². The Labute approximate surface area is 242 Å². The van der Waals surface area contributed by atoms with Gasteiger partial charge in [0, 0.05) is 0 Å². The van der Waals surface area contributed by atoms with Crippen molar-refractivity contribution in [3.05, 3.63) is 0 Å². The van der Waals surface area contributed by atoms with Crippen molar-refractivity contribution in [2.45, 2.75) is 155 Å². The fourth-order valence-corrected chi connectivity index (χ4v) is 4.96. The van der Waals surface area contributed by atoms with Crippen molar-refractivity contribution in [3.63, 3.8) is 0 Å². The largest absolute Gasteiger partial charge is 0.508 e. The number of hydrogen-bond donors (Lipinski definition) is 1. The van der Waals surface area contributed by atoms with Gasteiger partial charge in [-0.1, -0.05) is 105 Å². The molecule has 234 valence electrons. The number of carbonyl (C=O) groups is 3. The fraction of sp³-hybridized carbons (Fsp3) is 0.903. The summed E-state index contributed by atoms with van der Waals surface area (Å²) in [6.07, 6.45) is 10.6. The summed E-state index contributed by atoms with van der Waals surface area (Å²) < 4.78 is 26.2. The van der Waals surface area contributed by atoms with E-state index in [0.717, 1.165) is 50.4 Å². The van der Waals surface area contributed by atoms with Crippen molar-refractivity contribution in [1.29, 1.82) is 0 Å².